The van der Waals surface area contributed by atoms with Gasteiger partial charge in [0.15, 0.2) is 0 Å². The van der Waals surface area contributed by atoms with Gasteiger partial charge in [-0.25, -0.2) is 15.8 Å². The number of nitrogens with two attached hydrogens (primary N) is 1. The van der Waals surface area contributed by atoms with Gasteiger partial charge in [-0.3, -0.25) is 0 Å². The quantitative estimate of drug-likeness (QED) is 0.225. The molecule has 0 bridgehead atoms. The zero-order valence-corrected chi connectivity index (χ0v) is 11.2. The molecule has 4 N–H and O–H groups in total. The topological polar surface area (TPSA) is 84.1 Å². The first kappa shape index (κ1) is 14.2. The highest BCUT2D eigenvalue weighted by Gasteiger charge is 2.10. The van der Waals surface area contributed by atoms with Crippen molar-refractivity contribution in [3.8, 4) is 0 Å². The Bertz CT molecular complexity index is 360. The molecule has 0 aromatic carbocycles. The van der Waals surface area contributed by atoms with Gasteiger partial charge in [0.05, 0.1) is 0 Å². The SMILES string of the molecule is CCCc1nc(NN)c(C)c(SCCCO)n1. The molecule has 0 saturated heterocycles. The molecule has 0 atom stereocenters. The minimum Gasteiger partial charge on any atom is -0.396 e. The zero-order valence-electron chi connectivity index (χ0n) is 10.4. The van der Waals surface area contributed by atoms with Crippen molar-refractivity contribution in [2.24, 2.45) is 5.84 Å². The Morgan fingerprint density at radius 3 is 2.76 bits per heavy atom. The van der Waals surface area contributed by atoms with E-state index in [1.54, 1.807) is 11.8 Å². The van der Waals surface area contributed by atoms with E-state index in [4.69, 9.17) is 10.9 Å². The number of hydrogen-bond donors (Lipinski definition) is 3. The van der Waals surface area contributed by atoms with Crippen LogP contribution in [-0.4, -0.2) is 27.4 Å². The maximum absolute atomic E-state index is 8.77. The first-order valence-corrected chi connectivity index (χ1v) is 6.79. The molecule has 5 nitrogen and oxygen atoms in total. The van der Waals surface area contributed by atoms with Crippen molar-refractivity contribution in [3.05, 3.63) is 11.4 Å². The molecule has 1 rings (SSSR count). The fourth-order valence-corrected chi connectivity index (χ4v) is 2.34. The van der Waals surface area contributed by atoms with Crippen LogP contribution in [0.5, 0.6) is 0 Å². The highest BCUT2D eigenvalue weighted by atomic mass is 32.2. The van der Waals surface area contributed by atoms with Crippen LogP contribution in [0.25, 0.3) is 0 Å². The number of rotatable bonds is 7. The smallest absolute Gasteiger partial charge is 0.147 e. The van der Waals surface area contributed by atoms with Crippen LogP contribution < -0.4 is 11.3 Å². The fraction of sp³-hybridized carbons (Fsp3) is 0.636. The number of nitrogen functional groups attached to an aromatic ring is 1. The lowest BCUT2D eigenvalue weighted by molar-refractivity contribution is 0.296. The molecule has 0 saturated carbocycles. The van der Waals surface area contributed by atoms with Crippen molar-refractivity contribution in [1.82, 2.24) is 9.97 Å². The summed E-state index contributed by atoms with van der Waals surface area (Å²) in [6.45, 7) is 4.25. The Labute approximate surface area is 106 Å². The number of aliphatic hydroxyl groups excluding tert-OH is 1. The van der Waals surface area contributed by atoms with E-state index in [2.05, 4.69) is 22.3 Å². The van der Waals surface area contributed by atoms with E-state index in [0.29, 0.717) is 5.82 Å². The van der Waals surface area contributed by atoms with Gasteiger partial charge >= 0.3 is 0 Å². The number of hydrazine groups is 1. The summed E-state index contributed by atoms with van der Waals surface area (Å²) in [5.74, 6) is 7.81. The minimum atomic E-state index is 0.209. The van der Waals surface area contributed by atoms with E-state index in [0.717, 1.165) is 41.4 Å². The number of aryl methyl sites for hydroxylation is 1. The molecule has 1 aromatic rings. The van der Waals surface area contributed by atoms with Gasteiger partial charge in [0, 0.05) is 24.3 Å². The van der Waals surface area contributed by atoms with E-state index in [-0.39, 0.29) is 6.61 Å². The van der Waals surface area contributed by atoms with Crippen molar-refractivity contribution in [1.29, 1.82) is 0 Å². The van der Waals surface area contributed by atoms with Gasteiger partial charge in [-0.1, -0.05) is 6.92 Å². The summed E-state index contributed by atoms with van der Waals surface area (Å²) in [5.41, 5.74) is 3.58. The second-order valence-electron chi connectivity index (χ2n) is 3.74. The molecule has 1 aromatic heterocycles. The molecule has 1 heterocycles. The van der Waals surface area contributed by atoms with Crippen LogP contribution in [0, 0.1) is 6.92 Å². The number of anilines is 1. The van der Waals surface area contributed by atoms with E-state index in [1.165, 1.54) is 0 Å². The van der Waals surface area contributed by atoms with Crippen molar-refractivity contribution in [2.45, 2.75) is 38.1 Å². The number of nitrogens with zero attached hydrogens (tertiary/aromatic N) is 2. The number of aromatic nitrogens is 2. The maximum Gasteiger partial charge on any atom is 0.147 e. The van der Waals surface area contributed by atoms with Crippen molar-refractivity contribution in [2.75, 3.05) is 17.8 Å². The second kappa shape index (κ2) is 7.47. The number of nitrogens with one attached hydrogen (secondary N) is 1. The van der Waals surface area contributed by atoms with E-state index >= 15 is 0 Å². The normalized spacial score (nSPS) is 10.6. The van der Waals surface area contributed by atoms with Crippen molar-refractivity contribution in [3.63, 3.8) is 0 Å². The summed E-state index contributed by atoms with van der Waals surface area (Å²) in [6.07, 6.45) is 2.62. The summed E-state index contributed by atoms with van der Waals surface area (Å²) < 4.78 is 0. The highest BCUT2D eigenvalue weighted by molar-refractivity contribution is 7.99. The minimum absolute atomic E-state index is 0.209. The third kappa shape index (κ3) is 4.14. The number of aliphatic hydroxyl groups is 1. The third-order valence-corrected chi connectivity index (χ3v) is 3.46. The monoisotopic (exact) mass is 256 g/mol. The molecular weight excluding hydrogens is 236 g/mol. The zero-order chi connectivity index (χ0) is 12.7. The number of thioether (sulfide) groups is 1. The Balaban J connectivity index is 2.88. The van der Waals surface area contributed by atoms with Gasteiger partial charge in [0.1, 0.15) is 16.7 Å². The second-order valence-corrected chi connectivity index (χ2v) is 4.82. The largest absolute Gasteiger partial charge is 0.396 e. The van der Waals surface area contributed by atoms with Gasteiger partial charge in [0.25, 0.3) is 0 Å². The first-order chi connectivity index (χ1) is 8.22. The van der Waals surface area contributed by atoms with Gasteiger partial charge in [-0.05, 0) is 19.8 Å². The predicted octanol–water partition coefficient (Wildman–Crippen LogP) is 1.50. The standard InChI is InChI=1S/C11H20N4OS/c1-3-5-9-13-10(15-12)8(2)11(14-9)17-7-4-6-16/h16H,3-7,12H2,1-2H3,(H,13,14,15). The number of hydrogen-bond acceptors (Lipinski definition) is 6. The molecule has 0 amide bonds. The lowest BCUT2D eigenvalue weighted by Crippen LogP contribution is -2.13. The highest BCUT2D eigenvalue weighted by Crippen LogP contribution is 2.25. The molecule has 0 aliphatic carbocycles. The van der Waals surface area contributed by atoms with Crippen molar-refractivity contribution < 1.29 is 5.11 Å². The summed E-state index contributed by atoms with van der Waals surface area (Å²) in [5, 5.41) is 9.72. The Morgan fingerprint density at radius 2 is 2.18 bits per heavy atom. The van der Waals surface area contributed by atoms with Crippen LogP contribution in [0.15, 0.2) is 5.03 Å². The molecule has 0 spiro atoms. The summed E-state index contributed by atoms with van der Waals surface area (Å²) in [6, 6.07) is 0. The lowest BCUT2D eigenvalue weighted by Gasteiger charge is -2.11. The van der Waals surface area contributed by atoms with Crippen LogP contribution in [0.1, 0.15) is 31.2 Å². The lowest BCUT2D eigenvalue weighted by atomic mass is 10.3. The van der Waals surface area contributed by atoms with Gasteiger partial charge in [-0.15, -0.1) is 11.8 Å². The molecule has 17 heavy (non-hydrogen) atoms. The van der Waals surface area contributed by atoms with E-state index in [1.807, 2.05) is 6.92 Å². The van der Waals surface area contributed by atoms with Crippen LogP contribution in [0.4, 0.5) is 5.82 Å². The summed E-state index contributed by atoms with van der Waals surface area (Å²) in [4.78, 5) is 8.88. The van der Waals surface area contributed by atoms with Crippen LogP contribution in [-0.2, 0) is 6.42 Å². The van der Waals surface area contributed by atoms with Gasteiger partial charge < -0.3 is 10.5 Å². The van der Waals surface area contributed by atoms with Crippen LogP contribution in [0.3, 0.4) is 0 Å². The fourth-order valence-electron chi connectivity index (χ4n) is 1.39. The van der Waals surface area contributed by atoms with E-state index in [9.17, 15) is 0 Å². The van der Waals surface area contributed by atoms with Gasteiger partial charge in [-0.2, -0.15) is 0 Å². The predicted molar refractivity (Wildman–Crippen MR) is 71.0 cm³/mol. The molecule has 0 aliphatic heterocycles. The molecular formula is C11H20N4OS. The van der Waals surface area contributed by atoms with Gasteiger partial charge in [0.2, 0.25) is 0 Å². The molecule has 0 aliphatic rings. The maximum atomic E-state index is 8.77. The van der Waals surface area contributed by atoms with Crippen LogP contribution in [0.2, 0.25) is 0 Å². The third-order valence-electron chi connectivity index (χ3n) is 2.30. The Morgan fingerprint density at radius 1 is 1.41 bits per heavy atom. The van der Waals surface area contributed by atoms with Crippen LogP contribution >= 0.6 is 11.8 Å². The molecule has 0 radical (unpaired) electrons. The Hall–Kier alpha value is -0.850. The first-order valence-electron chi connectivity index (χ1n) is 5.80. The summed E-state index contributed by atoms with van der Waals surface area (Å²) in [7, 11) is 0. The molecule has 0 unspecified atom stereocenters. The average molecular weight is 256 g/mol. The van der Waals surface area contributed by atoms with E-state index < -0.39 is 0 Å². The Kier molecular flexibility index (Phi) is 6.25. The molecule has 0 fully saturated rings. The van der Waals surface area contributed by atoms with Crippen molar-refractivity contribution >= 4 is 17.6 Å². The molecule has 96 valence electrons. The molecule has 6 heteroatoms. The summed E-state index contributed by atoms with van der Waals surface area (Å²) >= 11 is 1.63. The average Bonchev–Trinajstić information content (AvgIpc) is 2.33.